The van der Waals surface area contributed by atoms with Crippen molar-refractivity contribution in [1.82, 2.24) is 10.8 Å². The molecule has 3 aliphatic rings. The zero-order valence-corrected chi connectivity index (χ0v) is 12.8. The first-order valence-electron chi connectivity index (χ1n) is 6.51. The first kappa shape index (κ1) is 14.6. The summed E-state index contributed by atoms with van der Waals surface area (Å²) < 4.78 is 0. The number of hydrogen-bond donors (Lipinski definition) is 2. The molecule has 4 rings (SSSR count). The van der Waals surface area contributed by atoms with Crippen molar-refractivity contribution in [3.8, 4) is 0 Å². The molecule has 3 saturated carbocycles. The van der Waals surface area contributed by atoms with Crippen LogP contribution in [0.4, 0.5) is 0 Å². The van der Waals surface area contributed by atoms with Crippen LogP contribution in [0.5, 0.6) is 0 Å². The number of carbonyl (C=O) groups is 2. The van der Waals surface area contributed by atoms with E-state index in [1.807, 2.05) is 0 Å². The highest BCUT2D eigenvalue weighted by atomic mass is 35.5. The largest absolute Gasteiger partial charge is 0.346 e. The van der Waals surface area contributed by atoms with Crippen LogP contribution < -0.4 is 10.8 Å². The normalized spacial score (nSPS) is 29.1. The monoisotopic (exact) mass is 328 g/mol. The van der Waals surface area contributed by atoms with E-state index in [1.165, 1.54) is 13.2 Å². The van der Waals surface area contributed by atoms with Gasteiger partial charge in [0.2, 0.25) is 5.91 Å². The molecule has 0 atom stereocenters. The lowest BCUT2D eigenvalue weighted by Crippen LogP contribution is -2.78. The molecule has 2 N–H and O–H groups in total. The van der Waals surface area contributed by atoms with Crippen LogP contribution >= 0.6 is 23.2 Å². The van der Waals surface area contributed by atoms with E-state index in [2.05, 4.69) is 15.6 Å². The zero-order valence-electron chi connectivity index (χ0n) is 11.3. The van der Waals surface area contributed by atoms with Gasteiger partial charge in [0.15, 0.2) is 0 Å². The van der Waals surface area contributed by atoms with Gasteiger partial charge in [0.1, 0.15) is 0 Å². The van der Waals surface area contributed by atoms with E-state index in [4.69, 9.17) is 23.2 Å². The van der Waals surface area contributed by atoms with Crippen LogP contribution in [-0.2, 0) is 9.63 Å². The molecule has 2 amide bonds. The summed E-state index contributed by atoms with van der Waals surface area (Å²) in [6, 6.07) is 4.76. The molecule has 5 nitrogen and oxygen atoms in total. The van der Waals surface area contributed by atoms with E-state index >= 15 is 0 Å². The number of halogens is 2. The van der Waals surface area contributed by atoms with Gasteiger partial charge in [0.25, 0.3) is 5.91 Å². The Morgan fingerprint density at radius 2 is 1.86 bits per heavy atom. The summed E-state index contributed by atoms with van der Waals surface area (Å²) in [5.74, 6) is -0.315. The number of benzene rings is 1. The minimum Gasteiger partial charge on any atom is -0.346 e. The van der Waals surface area contributed by atoms with Crippen LogP contribution in [0.25, 0.3) is 0 Å². The van der Waals surface area contributed by atoms with Gasteiger partial charge in [-0.05, 0) is 37.5 Å². The molecule has 0 heterocycles. The van der Waals surface area contributed by atoms with Gasteiger partial charge in [0, 0.05) is 11.1 Å². The van der Waals surface area contributed by atoms with Crippen molar-refractivity contribution in [1.29, 1.82) is 0 Å². The SMILES string of the molecule is CONC(=O)C12CC(NC(=O)c3ccc(Cl)c(Cl)c3)(C1)C2. The first-order valence-corrected chi connectivity index (χ1v) is 7.26. The fourth-order valence-corrected chi connectivity index (χ4v) is 3.61. The maximum Gasteiger partial charge on any atom is 0.251 e. The first-order chi connectivity index (χ1) is 9.90. The van der Waals surface area contributed by atoms with Crippen LogP contribution in [0.15, 0.2) is 18.2 Å². The lowest BCUT2D eigenvalue weighted by molar-refractivity contribution is -0.187. The summed E-state index contributed by atoms with van der Waals surface area (Å²) in [5.41, 5.74) is 2.18. The van der Waals surface area contributed by atoms with E-state index < -0.39 is 0 Å². The smallest absolute Gasteiger partial charge is 0.251 e. The summed E-state index contributed by atoms with van der Waals surface area (Å²) in [5, 5.41) is 3.74. The van der Waals surface area contributed by atoms with Crippen LogP contribution in [0.2, 0.25) is 10.0 Å². The molecule has 0 spiro atoms. The highest BCUT2D eigenvalue weighted by Crippen LogP contribution is 2.67. The third kappa shape index (κ3) is 2.29. The molecule has 0 radical (unpaired) electrons. The van der Waals surface area contributed by atoms with Crippen molar-refractivity contribution < 1.29 is 14.4 Å². The van der Waals surface area contributed by atoms with Crippen molar-refractivity contribution in [2.45, 2.75) is 24.8 Å². The molecule has 0 aromatic heterocycles. The van der Waals surface area contributed by atoms with Gasteiger partial charge < -0.3 is 5.32 Å². The Kier molecular flexibility index (Phi) is 3.39. The maximum atomic E-state index is 12.2. The van der Waals surface area contributed by atoms with Crippen molar-refractivity contribution in [2.75, 3.05) is 7.11 Å². The average molecular weight is 329 g/mol. The third-order valence-corrected chi connectivity index (χ3v) is 5.01. The molecule has 7 heteroatoms. The van der Waals surface area contributed by atoms with Crippen LogP contribution in [-0.4, -0.2) is 24.5 Å². The fraction of sp³-hybridized carbons (Fsp3) is 0.429. The topological polar surface area (TPSA) is 67.4 Å². The third-order valence-electron chi connectivity index (χ3n) is 4.27. The quantitative estimate of drug-likeness (QED) is 0.833. The number of amides is 2. The van der Waals surface area contributed by atoms with Crippen molar-refractivity contribution in [3.63, 3.8) is 0 Å². The Morgan fingerprint density at radius 1 is 1.19 bits per heavy atom. The van der Waals surface area contributed by atoms with Gasteiger partial charge in [-0.3, -0.25) is 14.4 Å². The Morgan fingerprint density at radius 3 is 2.43 bits per heavy atom. The molecular weight excluding hydrogens is 315 g/mol. The maximum absolute atomic E-state index is 12.2. The summed E-state index contributed by atoms with van der Waals surface area (Å²) in [6.07, 6.45) is 1.92. The predicted molar refractivity (Wildman–Crippen MR) is 78.1 cm³/mol. The van der Waals surface area contributed by atoms with Crippen LogP contribution in [0, 0.1) is 5.41 Å². The molecule has 3 fully saturated rings. The van der Waals surface area contributed by atoms with Crippen LogP contribution in [0.1, 0.15) is 29.6 Å². The molecule has 0 saturated heterocycles. The minimum atomic E-state index is -0.374. The van der Waals surface area contributed by atoms with Gasteiger partial charge in [-0.25, -0.2) is 5.48 Å². The molecule has 3 aliphatic carbocycles. The zero-order chi connectivity index (χ0) is 15.3. The summed E-state index contributed by atoms with van der Waals surface area (Å²) in [4.78, 5) is 28.6. The second-order valence-electron chi connectivity index (χ2n) is 5.81. The summed E-state index contributed by atoms with van der Waals surface area (Å²) >= 11 is 11.7. The molecule has 2 bridgehead atoms. The Labute approximate surface area is 131 Å². The molecule has 1 aromatic rings. The predicted octanol–water partition coefficient (Wildman–Crippen LogP) is 2.32. The minimum absolute atomic E-state index is 0.115. The molecule has 0 unspecified atom stereocenters. The van der Waals surface area contributed by atoms with Crippen molar-refractivity contribution in [2.24, 2.45) is 5.41 Å². The number of nitrogens with one attached hydrogen (secondary N) is 2. The standard InChI is InChI=1S/C14H14Cl2N2O3/c1-21-18-12(20)13-5-14(6-13,7-13)17-11(19)8-2-3-9(15)10(16)4-8/h2-4H,5-7H2,1H3,(H,17,19)(H,18,20). The Hall–Kier alpha value is -1.30. The van der Waals surface area contributed by atoms with Gasteiger partial charge in [0.05, 0.1) is 22.6 Å². The lowest BCUT2D eigenvalue weighted by atomic mass is 9.39. The van der Waals surface area contributed by atoms with Gasteiger partial charge >= 0.3 is 0 Å². The van der Waals surface area contributed by atoms with E-state index in [0.29, 0.717) is 34.9 Å². The highest BCUT2D eigenvalue weighted by Gasteiger charge is 2.72. The van der Waals surface area contributed by atoms with Gasteiger partial charge in [-0.1, -0.05) is 23.2 Å². The molecule has 112 valence electrons. The van der Waals surface area contributed by atoms with Crippen LogP contribution in [0.3, 0.4) is 0 Å². The van der Waals surface area contributed by atoms with E-state index in [-0.39, 0.29) is 22.8 Å². The molecule has 1 aromatic carbocycles. The van der Waals surface area contributed by atoms with Crippen molar-refractivity contribution in [3.05, 3.63) is 33.8 Å². The fourth-order valence-electron chi connectivity index (χ4n) is 3.31. The van der Waals surface area contributed by atoms with E-state index in [1.54, 1.807) is 12.1 Å². The second kappa shape index (κ2) is 4.87. The van der Waals surface area contributed by atoms with E-state index in [9.17, 15) is 9.59 Å². The molecule has 0 aliphatic heterocycles. The van der Waals surface area contributed by atoms with Gasteiger partial charge in [-0.2, -0.15) is 0 Å². The summed E-state index contributed by atoms with van der Waals surface area (Å²) in [6.45, 7) is 0. The number of hydroxylamine groups is 1. The molecule has 21 heavy (non-hydrogen) atoms. The highest BCUT2D eigenvalue weighted by molar-refractivity contribution is 6.42. The number of carbonyl (C=O) groups excluding carboxylic acids is 2. The summed E-state index contributed by atoms with van der Waals surface area (Å²) in [7, 11) is 1.41. The molecular formula is C14H14Cl2N2O3. The average Bonchev–Trinajstić information content (AvgIpc) is 2.35. The second-order valence-corrected chi connectivity index (χ2v) is 6.62. The van der Waals surface area contributed by atoms with Gasteiger partial charge in [-0.15, -0.1) is 0 Å². The Bertz CT molecular complexity index is 613. The lowest BCUT2D eigenvalue weighted by Gasteiger charge is -2.68. The number of rotatable bonds is 4. The van der Waals surface area contributed by atoms with Crippen molar-refractivity contribution >= 4 is 35.0 Å². The number of hydrogen-bond acceptors (Lipinski definition) is 3. The van der Waals surface area contributed by atoms with E-state index in [0.717, 1.165) is 0 Å². The Balaban J connectivity index is 1.61.